The van der Waals surface area contributed by atoms with Gasteiger partial charge >= 0.3 is 296 Å². The molecule has 0 heterocycles. The molecule has 0 fully saturated rings. The molecule has 0 atom stereocenters. The Kier molecular flexibility index (Phi) is 53.3. The zero-order valence-corrected chi connectivity index (χ0v) is 76.0. The molecule has 4 aromatic carbocycles. The first-order valence-corrected chi connectivity index (χ1v) is 56.8. The molecule has 21 heteroatoms. The Bertz CT molecular complexity index is 2160. The van der Waals surface area contributed by atoms with Crippen LogP contribution in [-0.4, -0.2) is 191 Å². The third-order valence-electron chi connectivity index (χ3n) is 12.5. The molecule has 4 rings (SSSR count). The van der Waals surface area contributed by atoms with Gasteiger partial charge in [-0.1, -0.05) is 167 Å². The molecule has 0 aliphatic rings. The van der Waals surface area contributed by atoms with Gasteiger partial charge in [-0.2, -0.15) is 0 Å². The van der Waals surface area contributed by atoms with Gasteiger partial charge in [-0.25, -0.2) is 0 Å². The minimum atomic E-state index is -1.28. The van der Waals surface area contributed by atoms with Gasteiger partial charge in [-0.3, -0.25) is 0 Å². The van der Waals surface area contributed by atoms with Crippen molar-refractivity contribution in [3.63, 3.8) is 0 Å². The molecule has 0 saturated heterocycles. The van der Waals surface area contributed by atoms with Gasteiger partial charge in [0.25, 0.3) is 0 Å². The SMILES string of the molecule is CCOCC.C[Si](C)(C)[N-]CCN(CC[N-][Si](C)(C)C)CC[N-][Si](C)(C)C.C[Si](C)(C)[N-]CCN(CC[N-][Si](C)(C)C)CC[N-][Si](C)(C)C.Cc1cc(C)c([As]=C[N-]Cc2ccccc2)c(C)c1.Cc1cc(C)c([As]=C[N-]Cc2ccccc2)c(C)c1.[Zr+4].[Zr+4]. The van der Waals surface area contributed by atoms with Gasteiger partial charge < -0.3 is 44.4 Å². The summed E-state index contributed by atoms with van der Waals surface area (Å²) < 4.78 is 7.83. The Morgan fingerprint density at radius 3 is 0.753 bits per heavy atom. The minimum absolute atomic E-state index is 0. The second-order valence-electron chi connectivity index (χ2n) is 28.4. The second kappa shape index (κ2) is 50.7. The molecule has 496 valence electrons. The predicted octanol–water partition coefficient (Wildman–Crippen LogP) is 17.4. The molecule has 0 radical (unpaired) electrons. The summed E-state index contributed by atoms with van der Waals surface area (Å²) in [4.78, 5) is 38.5. The maximum Gasteiger partial charge on any atom is 4.00 e. The molecule has 0 aliphatic heterocycles. The van der Waals surface area contributed by atoms with Crippen molar-refractivity contribution in [2.24, 2.45) is 0 Å². The molecule has 0 spiro atoms. The van der Waals surface area contributed by atoms with Crippen LogP contribution in [0, 0.1) is 41.5 Å². The van der Waals surface area contributed by atoms with E-state index in [2.05, 4.69) is 262 Å². The first-order valence-electron chi connectivity index (χ1n) is 32.1. The molecule has 11 nitrogen and oxygen atoms in total. The molecule has 0 aromatic heterocycles. The van der Waals surface area contributed by atoms with E-state index in [1.807, 2.05) is 26.0 Å². The quantitative estimate of drug-likeness (QED) is 0.0432. The molecular formula is C68H126As2N10OSi6Zr2. The molecule has 0 amide bonds. The van der Waals surface area contributed by atoms with Gasteiger partial charge in [0, 0.05) is 13.2 Å². The first-order chi connectivity index (χ1) is 40.3. The zero-order chi connectivity index (χ0) is 66.3. The van der Waals surface area contributed by atoms with Gasteiger partial charge in [-0.15, -0.1) is 39.3 Å². The van der Waals surface area contributed by atoms with E-state index in [1.54, 1.807) is 0 Å². The molecule has 0 unspecified atom stereocenters. The van der Waals surface area contributed by atoms with E-state index in [4.69, 9.17) is 34.6 Å². The normalized spacial score (nSPS) is 12.1. The van der Waals surface area contributed by atoms with Crippen molar-refractivity contribution in [1.29, 1.82) is 0 Å². The smallest absolute Gasteiger partial charge is 4.00 e. The average molecular weight is 1600 g/mol. The van der Waals surface area contributed by atoms with Crippen LogP contribution < -0.4 is 8.70 Å². The van der Waals surface area contributed by atoms with Crippen LogP contribution in [0.2, 0.25) is 118 Å². The summed E-state index contributed by atoms with van der Waals surface area (Å²) in [6.07, 6.45) is 0. The van der Waals surface area contributed by atoms with Crippen molar-refractivity contribution in [3.8, 4) is 0 Å². The van der Waals surface area contributed by atoms with Crippen molar-refractivity contribution >= 4 is 98.6 Å². The predicted molar refractivity (Wildman–Crippen MR) is 416 cm³/mol. The summed E-state index contributed by atoms with van der Waals surface area (Å²) in [5.41, 5.74) is 10.9. The molecule has 0 N–H and O–H groups in total. The molecule has 89 heavy (non-hydrogen) atoms. The first kappa shape index (κ1) is 93.6. The Hall–Kier alpha value is 0.364. The van der Waals surface area contributed by atoms with Crippen molar-refractivity contribution in [2.75, 3.05) is 91.8 Å². The van der Waals surface area contributed by atoms with Gasteiger partial charge in [0.2, 0.25) is 0 Å². The van der Waals surface area contributed by atoms with E-state index in [1.165, 1.54) is 53.2 Å². The number of benzene rings is 4. The summed E-state index contributed by atoms with van der Waals surface area (Å²) >= 11 is 0.0686. The molecular weight excluding hydrogens is 1470 g/mol. The van der Waals surface area contributed by atoms with Crippen LogP contribution in [-0.2, 0) is 70.2 Å². The van der Waals surface area contributed by atoms with Crippen molar-refractivity contribution in [1.82, 2.24) is 9.80 Å². The van der Waals surface area contributed by atoms with E-state index in [0.29, 0.717) is 0 Å². The van der Waals surface area contributed by atoms with Gasteiger partial charge in [0.05, 0.1) is 0 Å². The number of nitrogens with zero attached hydrogens (tertiary/aromatic N) is 10. The minimum Gasteiger partial charge on any atom is 4.00 e. The summed E-state index contributed by atoms with van der Waals surface area (Å²) in [5.74, 6) is 0. The van der Waals surface area contributed by atoms with Crippen LogP contribution in [0.25, 0.3) is 40.5 Å². The summed E-state index contributed by atoms with van der Waals surface area (Å²) in [7, 11) is -7.69. The molecule has 4 aromatic rings. The largest absolute Gasteiger partial charge is 4.00 e. The third-order valence-corrected chi connectivity index (χ3v) is 24.7. The van der Waals surface area contributed by atoms with Crippen LogP contribution in [0.4, 0.5) is 0 Å². The number of hydrogen-bond acceptors (Lipinski definition) is 3. The second-order valence-corrected chi connectivity index (χ2v) is 60.3. The monoisotopic (exact) mass is 1600 g/mol. The zero-order valence-electron chi connectivity index (χ0n) is 61.3. The Morgan fingerprint density at radius 1 is 0.360 bits per heavy atom. The van der Waals surface area contributed by atoms with Crippen molar-refractivity contribution < 1.29 is 57.1 Å². The summed E-state index contributed by atoms with van der Waals surface area (Å²) in [5, 5.41) is 9.12. The summed E-state index contributed by atoms with van der Waals surface area (Å²) in [6.45, 7) is 74.0. The van der Waals surface area contributed by atoms with E-state index in [-0.39, 0.29) is 83.0 Å². The van der Waals surface area contributed by atoms with Crippen LogP contribution in [0.5, 0.6) is 0 Å². The van der Waals surface area contributed by atoms with Gasteiger partial charge in [0.15, 0.2) is 0 Å². The number of rotatable bonds is 34. The fourth-order valence-electron chi connectivity index (χ4n) is 8.44. The van der Waals surface area contributed by atoms with Gasteiger partial charge in [0.1, 0.15) is 0 Å². The van der Waals surface area contributed by atoms with Crippen molar-refractivity contribution in [2.45, 2.75) is 186 Å². The van der Waals surface area contributed by atoms with Crippen LogP contribution in [0.15, 0.2) is 84.9 Å². The van der Waals surface area contributed by atoms with E-state index < -0.39 is 49.4 Å². The standard InChI is InChI=1S/2C17H19AsN.2C15H39N4Si3.C4H10O.2Zr/c2*1-13-9-14(2)17(15(3)10-13)18-12-19-11-16-7-5-4-6-8-16;2*1-20(2,3)16-10-13-19(14-11-17-21(4,5)6)15-12-18-22(7,8)9;1-3-5-4-2;;/h2*4-10,12H,11H2,1-3H3;2*10-15H2,1-9H3;3-4H2,1-2H3;;/q2*-1;2*-3;;2*+4. The topological polar surface area (TPSA) is 129 Å². The van der Waals surface area contributed by atoms with Crippen molar-refractivity contribution in [3.05, 3.63) is 170 Å². The van der Waals surface area contributed by atoms with E-state index in [9.17, 15) is 0 Å². The maximum absolute atomic E-state index is 4.86. The van der Waals surface area contributed by atoms with E-state index >= 15 is 0 Å². The number of aryl methyl sites for hydroxylation is 6. The van der Waals surface area contributed by atoms with Crippen LogP contribution in [0.3, 0.4) is 0 Å². The van der Waals surface area contributed by atoms with E-state index in [0.717, 1.165) is 105 Å². The van der Waals surface area contributed by atoms with Crippen LogP contribution in [0.1, 0.15) is 58.4 Å². The number of ether oxygens (including phenoxy) is 1. The average Bonchev–Trinajstić information content (AvgIpc) is 3.60. The fourth-order valence-corrected chi connectivity index (χ4v) is 16.5. The van der Waals surface area contributed by atoms with Gasteiger partial charge in [-0.05, 0) is 53.1 Å². The Labute approximate surface area is 607 Å². The molecule has 0 aliphatic carbocycles. The Morgan fingerprint density at radius 2 is 0.573 bits per heavy atom. The molecule has 0 saturated carbocycles. The molecule has 0 bridgehead atoms. The fraction of sp³-hybridized carbons (Fsp3) is 0.618. The third kappa shape index (κ3) is 58.3. The van der Waals surface area contributed by atoms with Crippen LogP contribution >= 0.6 is 0 Å². The number of hydrogen-bond donors (Lipinski definition) is 0. The Balaban J connectivity index is -0.00000107. The summed E-state index contributed by atoms with van der Waals surface area (Å²) in [6, 6.07) is 29.9. The maximum atomic E-state index is 4.86.